The topological polar surface area (TPSA) is 89.9 Å². The highest BCUT2D eigenvalue weighted by Gasteiger charge is 2.28. The number of ether oxygens (including phenoxy) is 2. The lowest BCUT2D eigenvalue weighted by Crippen LogP contribution is -2.26. The molecule has 0 rings (SSSR count). The smallest absolute Gasteiger partial charge is 0.313 e. The molecule has 0 aliphatic carbocycles. The molecule has 0 aromatic carbocycles. The summed E-state index contributed by atoms with van der Waals surface area (Å²) >= 11 is 3.37. The summed E-state index contributed by atoms with van der Waals surface area (Å²) in [4.78, 5) is 33.4. The Morgan fingerprint density at radius 1 is 0.926 bits per heavy atom. The number of hydrogen-bond acceptors (Lipinski definition) is 6. The summed E-state index contributed by atoms with van der Waals surface area (Å²) in [5, 5.41) is 9.49. The highest BCUT2D eigenvalue weighted by atomic mass is 79.9. The second-order valence-electron chi connectivity index (χ2n) is 6.81. The first kappa shape index (κ1) is 28.3. The fourth-order valence-electron chi connectivity index (χ4n) is 2.16. The Bertz CT molecular complexity index is 409. The Hall–Kier alpha value is -0.950. The molecule has 0 bridgehead atoms. The minimum atomic E-state index is -0.445. The molecule has 0 fully saturated rings. The van der Waals surface area contributed by atoms with E-state index in [2.05, 4.69) is 20.7 Å². The van der Waals surface area contributed by atoms with E-state index < -0.39 is 5.97 Å². The number of carbonyl (C=O) groups is 3. The normalized spacial score (nSPS) is 10.6. The number of alkyl halides is 1. The molecule has 0 atom stereocenters. The van der Waals surface area contributed by atoms with Crippen molar-refractivity contribution in [2.24, 2.45) is 5.41 Å². The molecular formula is C20H37BrO6. The molecule has 6 nitrogen and oxygen atoms in total. The first-order valence-corrected chi connectivity index (χ1v) is 10.9. The standard InChI is InChI=1S/C10H19BrO2.C10H18O4/c1-4-13-9(12)10(2,3)7-5-6-8-11;1-2-14-10(13)8-9(12)6-4-3-5-7-11/h4-8H2,1-3H3;11H,2-8H2,1H3. The summed E-state index contributed by atoms with van der Waals surface area (Å²) in [5.41, 5.74) is -0.321. The largest absolute Gasteiger partial charge is 0.466 e. The van der Waals surface area contributed by atoms with Gasteiger partial charge in [0.2, 0.25) is 0 Å². The fraction of sp³-hybridized carbons (Fsp3) is 0.850. The Labute approximate surface area is 172 Å². The first-order valence-electron chi connectivity index (χ1n) is 9.76. The van der Waals surface area contributed by atoms with Gasteiger partial charge in [0.15, 0.2) is 0 Å². The number of aliphatic hydroxyl groups excluding tert-OH is 1. The number of rotatable bonds is 14. The van der Waals surface area contributed by atoms with Crippen LogP contribution in [-0.4, -0.2) is 48.0 Å². The van der Waals surface area contributed by atoms with Crippen LogP contribution in [-0.2, 0) is 23.9 Å². The molecule has 0 spiro atoms. The van der Waals surface area contributed by atoms with Gasteiger partial charge in [-0.2, -0.15) is 0 Å². The number of carbonyl (C=O) groups excluding carboxylic acids is 3. The van der Waals surface area contributed by atoms with Gasteiger partial charge in [0.1, 0.15) is 12.2 Å². The summed E-state index contributed by atoms with van der Waals surface area (Å²) in [7, 11) is 0. The molecule has 27 heavy (non-hydrogen) atoms. The number of Topliss-reactive ketones (excluding diaryl/α,β-unsaturated/α-hetero) is 1. The first-order chi connectivity index (χ1) is 12.7. The van der Waals surface area contributed by atoms with Crippen molar-refractivity contribution in [1.29, 1.82) is 0 Å². The molecule has 0 aromatic rings. The zero-order chi connectivity index (χ0) is 21.1. The van der Waals surface area contributed by atoms with Crippen LogP contribution in [0.4, 0.5) is 0 Å². The van der Waals surface area contributed by atoms with E-state index in [1.54, 1.807) is 6.92 Å². The van der Waals surface area contributed by atoms with Gasteiger partial charge in [0, 0.05) is 18.4 Å². The summed E-state index contributed by atoms with van der Waals surface area (Å²) < 4.78 is 9.63. The van der Waals surface area contributed by atoms with Crippen molar-refractivity contribution in [3.63, 3.8) is 0 Å². The molecule has 1 N–H and O–H groups in total. The highest BCUT2D eigenvalue weighted by Crippen LogP contribution is 2.25. The van der Waals surface area contributed by atoms with E-state index in [1.807, 2.05) is 20.8 Å². The number of halogens is 1. The van der Waals surface area contributed by atoms with Crippen molar-refractivity contribution < 1.29 is 29.0 Å². The third-order valence-electron chi connectivity index (χ3n) is 3.77. The van der Waals surface area contributed by atoms with Crippen molar-refractivity contribution in [2.45, 2.75) is 79.1 Å². The van der Waals surface area contributed by atoms with Crippen LogP contribution < -0.4 is 0 Å². The molecule has 160 valence electrons. The summed E-state index contributed by atoms with van der Waals surface area (Å²) in [6.07, 6.45) is 5.64. The third-order valence-corrected chi connectivity index (χ3v) is 4.33. The van der Waals surface area contributed by atoms with Gasteiger partial charge < -0.3 is 14.6 Å². The van der Waals surface area contributed by atoms with Gasteiger partial charge in [-0.25, -0.2) is 0 Å². The fourth-order valence-corrected chi connectivity index (χ4v) is 2.56. The van der Waals surface area contributed by atoms with Crippen molar-refractivity contribution in [1.82, 2.24) is 0 Å². The third kappa shape index (κ3) is 18.2. The maximum Gasteiger partial charge on any atom is 0.313 e. The average Bonchev–Trinajstić information content (AvgIpc) is 2.60. The minimum absolute atomic E-state index is 0.0791. The number of hydrogen-bond donors (Lipinski definition) is 1. The van der Waals surface area contributed by atoms with Gasteiger partial charge in [-0.15, -0.1) is 0 Å². The molecule has 0 radical (unpaired) electrons. The van der Waals surface area contributed by atoms with Gasteiger partial charge in [-0.05, 0) is 53.4 Å². The van der Waals surface area contributed by atoms with E-state index >= 15 is 0 Å². The molecule has 0 heterocycles. The maximum atomic E-state index is 11.4. The summed E-state index contributed by atoms with van der Waals surface area (Å²) in [6, 6.07) is 0. The van der Waals surface area contributed by atoms with Crippen molar-refractivity contribution in [3.05, 3.63) is 0 Å². The lowest BCUT2D eigenvalue weighted by atomic mass is 9.87. The quantitative estimate of drug-likeness (QED) is 0.184. The van der Waals surface area contributed by atoms with E-state index in [0.29, 0.717) is 26.1 Å². The molecule has 0 saturated heterocycles. The zero-order valence-electron chi connectivity index (χ0n) is 17.4. The predicted octanol–water partition coefficient (Wildman–Crippen LogP) is 4.20. The molecule has 7 heteroatoms. The monoisotopic (exact) mass is 452 g/mol. The second-order valence-corrected chi connectivity index (χ2v) is 7.60. The minimum Gasteiger partial charge on any atom is -0.466 e. The van der Waals surface area contributed by atoms with Crippen LogP contribution in [0, 0.1) is 5.41 Å². The lowest BCUT2D eigenvalue weighted by Gasteiger charge is -2.21. The molecule has 0 amide bonds. The summed E-state index contributed by atoms with van der Waals surface area (Å²) in [6.45, 7) is 8.39. The van der Waals surface area contributed by atoms with Gasteiger partial charge >= 0.3 is 11.9 Å². The number of esters is 2. The highest BCUT2D eigenvalue weighted by molar-refractivity contribution is 9.09. The predicted molar refractivity (Wildman–Crippen MR) is 110 cm³/mol. The molecule has 0 aliphatic rings. The molecule has 0 aromatic heterocycles. The number of aliphatic hydroxyl groups is 1. The van der Waals surface area contributed by atoms with E-state index in [-0.39, 0.29) is 30.2 Å². The van der Waals surface area contributed by atoms with Crippen LogP contribution >= 0.6 is 15.9 Å². The maximum absolute atomic E-state index is 11.4. The average molecular weight is 453 g/mol. The molecule has 0 unspecified atom stereocenters. The van der Waals surface area contributed by atoms with Crippen LogP contribution in [0.15, 0.2) is 0 Å². The summed E-state index contributed by atoms with van der Waals surface area (Å²) in [5.74, 6) is -0.606. The van der Waals surface area contributed by atoms with Crippen molar-refractivity contribution in [2.75, 3.05) is 25.2 Å². The van der Waals surface area contributed by atoms with Crippen LogP contribution in [0.2, 0.25) is 0 Å². The van der Waals surface area contributed by atoms with Gasteiger partial charge in [-0.3, -0.25) is 14.4 Å². The van der Waals surface area contributed by atoms with Crippen LogP contribution in [0.1, 0.15) is 79.1 Å². The Morgan fingerprint density at radius 2 is 1.56 bits per heavy atom. The molecule has 0 saturated carbocycles. The van der Waals surface area contributed by atoms with Gasteiger partial charge in [0.25, 0.3) is 0 Å². The van der Waals surface area contributed by atoms with Gasteiger partial charge in [0.05, 0.1) is 18.6 Å². The van der Waals surface area contributed by atoms with E-state index in [9.17, 15) is 14.4 Å². The van der Waals surface area contributed by atoms with E-state index in [4.69, 9.17) is 9.84 Å². The van der Waals surface area contributed by atoms with Crippen LogP contribution in [0.3, 0.4) is 0 Å². The Kier molecular flexibility index (Phi) is 19.3. The number of ketones is 1. The van der Waals surface area contributed by atoms with E-state index in [0.717, 1.165) is 37.4 Å². The van der Waals surface area contributed by atoms with Crippen molar-refractivity contribution in [3.8, 4) is 0 Å². The Balaban J connectivity index is 0. The van der Waals surface area contributed by atoms with Crippen LogP contribution in [0.25, 0.3) is 0 Å². The van der Waals surface area contributed by atoms with Gasteiger partial charge in [-0.1, -0.05) is 28.8 Å². The van der Waals surface area contributed by atoms with Crippen molar-refractivity contribution >= 4 is 33.7 Å². The molecule has 0 aliphatic heterocycles. The number of unbranched alkanes of at least 4 members (excludes halogenated alkanes) is 3. The second kappa shape index (κ2) is 18.4. The van der Waals surface area contributed by atoms with Crippen LogP contribution in [0.5, 0.6) is 0 Å². The van der Waals surface area contributed by atoms with E-state index in [1.165, 1.54) is 0 Å². The molecular weight excluding hydrogens is 416 g/mol. The SMILES string of the molecule is CCOC(=O)C(C)(C)CCCCBr.CCOC(=O)CC(=O)CCCCCO. The lowest BCUT2D eigenvalue weighted by molar-refractivity contribution is -0.154. The zero-order valence-corrected chi connectivity index (χ0v) is 18.9. The Morgan fingerprint density at radius 3 is 2.07 bits per heavy atom.